The number of rotatable bonds is 5. The molecular formula is C11H16N2OS. The van der Waals surface area contributed by atoms with Gasteiger partial charge < -0.3 is 10.6 Å². The predicted molar refractivity (Wildman–Crippen MR) is 63.5 cm³/mol. The summed E-state index contributed by atoms with van der Waals surface area (Å²) in [5, 5.41) is 7.01. The smallest absolute Gasteiger partial charge is 0.261 e. The van der Waals surface area contributed by atoms with Crippen molar-refractivity contribution < 1.29 is 4.79 Å². The quantitative estimate of drug-likeness (QED) is 0.806. The molecule has 1 amide bonds. The lowest BCUT2D eigenvalue weighted by molar-refractivity contribution is 0.0957. The first-order valence-electron chi connectivity index (χ1n) is 5.35. The molecule has 1 fully saturated rings. The zero-order chi connectivity index (χ0) is 10.7. The van der Waals surface area contributed by atoms with Gasteiger partial charge in [-0.3, -0.25) is 4.79 Å². The van der Waals surface area contributed by atoms with Gasteiger partial charge in [0.15, 0.2) is 0 Å². The summed E-state index contributed by atoms with van der Waals surface area (Å²) in [6.07, 6.45) is 3.83. The number of carbonyl (C=O) groups is 1. The van der Waals surface area contributed by atoms with Crippen molar-refractivity contribution in [3.8, 4) is 0 Å². The maximum Gasteiger partial charge on any atom is 0.261 e. The van der Waals surface area contributed by atoms with Crippen LogP contribution in [-0.4, -0.2) is 19.5 Å². The van der Waals surface area contributed by atoms with Crippen LogP contribution in [0.5, 0.6) is 0 Å². The average molecular weight is 224 g/mol. The molecule has 3 nitrogen and oxygen atoms in total. The fourth-order valence-corrected chi connectivity index (χ4v) is 2.25. The van der Waals surface area contributed by atoms with E-state index in [-0.39, 0.29) is 5.91 Å². The predicted octanol–water partition coefficient (Wildman–Crippen LogP) is 2.32. The van der Waals surface area contributed by atoms with Gasteiger partial charge in [0, 0.05) is 13.6 Å². The minimum absolute atomic E-state index is 0.0575. The van der Waals surface area contributed by atoms with Crippen LogP contribution in [0.25, 0.3) is 0 Å². The monoisotopic (exact) mass is 224 g/mol. The summed E-state index contributed by atoms with van der Waals surface area (Å²) in [5.74, 6) is 0.934. The first-order chi connectivity index (χ1) is 7.29. The Kier molecular flexibility index (Phi) is 3.26. The van der Waals surface area contributed by atoms with E-state index in [1.54, 1.807) is 0 Å². The SMILES string of the molecule is CNc1ccc(C(=O)NCCC2CC2)s1. The van der Waals surface area contributed by atoms with Gasteiger partial charge in [-0.25, -0.2) is 0 Å². The topological polar surface area (TPSA) is 41.1 Å². The summed E-state index contributed by atoms with van der Waals surface area (Å²) in [6, 6.07) is 3.80. The van der Waals surface area contributed by atoms with Crippen molar-refractivity contribution in [1.29, 1.82) is 0 Å². The van der Waals surface area contributed by atoms with Crippen LogP contribution in [0.15, 0.2) is 12.1 Å². The van der Waals surface area contributed by atoms with E-state index < -0.39 is 0 Å². The number of thiophene rings is 1. The van der Waals surface area contributed by atoms with Gasteiger partial charge in [0.25, 0.3) is 5.91 Å². The van der Waals surface area contributed by atoms with E-state index in [4.69, 9.17) is 0 Å². The van der Waals surface area contributed by atoms with E-state index in [9.17, 15) is 4.79 Å². The van der Waals surface area contributed by atoms with Gasteiger partial charge in [-0.05, 0) is 24.5 Å². The van der Waals surface area contributed by atoms with E-state index >= 15 is 0 Å². The highest BCUT2D eigenvalue weighted by atomic mass is 32.1. The molecule has 1 saturated carbocycles. The molecule has 2 N–H and O–H groups in total. The molecule has 82 valence electrons. The molecule has 2 rings (SSSR count). The van der Waals surface area contributed by atoms with Crippen LogP contribution >= 0.6 is 11.3 Å². The molecule has 1 aromatic rings. The highest BCUT2D eigenvalue weighted by molar-refractivity contribution is 7.17. The third-order valence-corrected chi connectivity index (χ3v) is 3.71. The van der Waals surface area contributed by atoms with Crippen molar-refractivity contribution in [2.45, 2.75) is 19.3 Å². The van der Waals surface area contributed by atoms with Crippen molar-refractivity contribution in [3.05, 3.63) is 17.0 Å². The molecule has 0 atom stereocenters. The molecule has 0 unspecified atom stereocenters. The van der Waals surface area contributed by atoms with Gasteiger partial charge in [-0.1, -0.05) is 12.8 Å². The third kappa shape index (κ3) is 2.96. The minimum Gasteiger partial charge on any atom is -0.380 e. The lowest BCUT2D eigenvalue weighted by atomic mass is 10.3. The van der Waals surface area contributed by atoms with Gasteiger partial charge in [0.2, 0.25) is 0 Å². The van der Waals surface area contributed by atoms with E-state index in [0.29, 0.717) is 0 Å². The Bertz CT molecular complexity index is 344. The van der Waals surface area contributed by atoms with Crippen LogP contribution in [-0.2, 0) is 0 Å². The maximum atomic E-state index is 11.6. The van der Waals surface area contributed by atoms with Crippen LogP contribution in [0.4, 0.5) is 5.00 Å². The first kappa shape index (κ1) is 10.5. The summed E-state index contributed by atoms with van der Waals surface area (Å²) in [6.45, 7) is 0.816. The first-order valence-corrected chi connectivity index (χ1v) is 6.17. The van der Waals surface area contributed by atoms with Gasteiger partial charge in [0.1, 0.15) is 0 Å². The highest BCUT2D eigenvalue weighted by Crippen LogP contribution is 2.31. The molecule has 0 radical (unpaired) electrons. The molecule has 0 spiro atoms. The lowest BCUT2D eigenvalue weighted by Crippen LogP contribution is -2.23. The Morgan fingerprint density at radius 2 is 2.33 bits per heavy atom. The van der Waals surface area contributed by atoms with Gasteiger partial charge in [-0.15, -0.1) is 11.3 Å². The van der Waals surface area contributed by atoms with E-state index in [0.717, 1.165) is 28.8 Å². The fourth-order valence-electron chi connectivity index (χ4n) is 1.48. The number of carbonyl (C=O) groups excluding carboxylic acids is 1. The van der Waals surface area contributed by atoms with E-state index in [1.807, 2.05) is 19.2 Å². The summed E-state index contributed by atoms with van der Waals surface area (Å²) in [7, 11) is 1.86. The Morgan fingerprint density at radius 3 is 2.93 bits per heavy atom. The average Bonchev–Trinajstić information content (AvgIpc) is 2.94. The van der Waals surface area contributed by atoms with Crippen molar-refractivity contribution in [3.63, 3.8) is 0 Å². The largest absolute Gasteiger partial charge is 0.380 e. The second kappa shape index (κ2) is 4.66. The molecule has 1 heterocycles. The molecule has 1 aliphatic carbocycles. The normalized spacial score (nSPS) is 15.0. The van der Waals surface area contributed by atoms with Crippen molar-refractivity contribution >= 4 is 22.2 Å². The minimum atomic E-state index is 0.0575. The standard InChI is InChI=1S/C11H16N2OS/c1-12-10-5-4-9(15-10)11(14)13-7-6-8-2-3-8/h4-5,8,12H,2-3,6-7H2,1H3,(H,13,14). The molecule has 1 aromatic heterocycles. The molecule has 1 aliphatic rings. The van der Waals surface area contributed by atoms with Crippen molar-refractivity contribution in [1.82, 2.24) is 5.32 Å². The number of anilines is 1. The number of amides is 1. The Balaban J connectivity index is 1.78. The third-order valence-electron chi connectivity index (χ3n) is 2.61. The summed E-state index contributed by atoms with van der Waals surface area (Å²) in [4.78, 5) is 12.4. The zero-order valence-electron chi connectivity index (χ0n) is 8.88. The lowest BCUT2D eigenvalue weighted by Gasteiger charge is -2.01. The van der Waals surface area contributed by atoms with Crippen molar-refractivity contribution in [2.75, 3.05) is 18.9 Å². The number of hydrogen-bond donors (Lipinski definition) is 2. The van der Waals surface area contributed by atoms with Crippen molar-refractivity contribution in [2.24, 2.45) is 5.92 Å². The van der Waals surface area contributed by atoms with Crippen LogP contribution in [0.3, 0.4) is 0 Å². The molecule has 0 aliphatic heterocycles. The zero-order valence-corrected chi connectivity index (χ0v) is 9.69. The summed E-state index contributed by atoms with van der Waals surface area (Å²) < 4.78 is 0. The molecule has 0 saturated heterocycles. The molecule has 0 bridgehead atoms. The highest BCUT2D eigenvalue weighted by Gasteiger charge is 2.20. The molecule has 4 heteroatoms. The van der Waals surface area contributed by atoms with Gasteiger partial charge >= 0.3 is 0 Å². The van der Waals surface area contributed by atoms with Crippen LogP contribution in [0.1, 0.15) is 28.9 Å². The maximum absolute atomic E-state index is 11.6. The Labute approximate surface area is 93.9 Å². The van der Waals surface area contributed by atoms with E-state index in [1.165, 1.54) is 24.2 Å². The number of hydrogen-bond acceptors (Lipinski definition) is 3. The Morgan fingerprint density at radius 1 is 1.53 bits per heavy atom. The van der Waals surface area contributed by atoms with Crippen LogP contribution < -0.4 is 10.6 Å². The second-order valence-electron chi connectivity index (χ2n) is 3.90. The molecule has 0 aromatic carbocycles. The summed E-state index contributed by atoms with van der Waals surface area (Å²) in [5.41, 5.74) is 0. The second-order valence-corrected chi connectivity index (χ2v) is 4.99. The van der Waals surface area contributed by atoms with E-state index in [2.05, 4.69) is 10.6 Å². The fraction of sp³-hybridized carbons (Fsp3) is 0.545. The summed E-state index contributed by atoms with van der Waals surface area (Å²) >= 11 is 1.49. The Hall–Kier alpha value is -1.03. The molecule has 15 heavy (non-hydrogen) atoms. The van der Waals surface area contributed by atoms with Crippen LogP contribution in [0.2, 0.25) is 0 Å². The number of nitrogens with one attached hydrogen (secondary N) is 2. The molecular weight excluding hydrogens is 208 g/mol. The van der Waals surface area contributed by atoms with Crippen LogP contribution in [0, 0.1) is 5.92 Å². The van der Waals surface area contributed by atoms with Gasteiger partial charge in [0.05, 0.1) is 9.88 Å². The van der Waals surface area contributed by atoms with Gasteiger partial charge in [-0.2, -0.15) is 0 Å².